The molecule has 0 amide bonds. The number of hydrogen-bond acceptors (Lipinski definition) is 2. The van der Waals surface area contributed by atoms with Gasteiger partial charge in [-0.3, -0.25) is 4.79 Å². The summed E-state index contributed by atoms with van der Waals surface area (Å²) in [6, 6.07) is 40.1. The highest BCUT2D eigenvalue weighted by molar-refractivity contribution is 6.02. The van der Waals surface area contributed by atoms with Crippen molar-refractivity contribution in [2.45, 2.75) is 17.6 Å². The standard InChI is InChI=1S/C28H22O2/c29-27(26-25(30-26)21-13-5-1-6-14-21)28(22-15-7-2-8-16-22,23-17-9-3-10-18-23)24-19-11-4-12-20-24/h1-20,25-26H/t25-,26+/m0/s1. The average Bonchev–Trinajstić information content (AvgIpc) is 3.63. The lowest BCUT2D eigenvalue weighted by atomic mass is 9.65. The number of rotatable bonds is 6. The van der Waals surface area contributed by atoms with Crippen molar-refractivity contribution in [3.8, 4) is 0 Å². The predicted molar refractivity (Wildman–Crippen MR) is 118 cm³/mol. The molecule has 1 aliphatic heterocycles. The molecule has 5 rings (SSSR count). The molecule has 0 bridgehead atoms. The first-order valence-electron chi connectivity index (χ1n) is 10.2. The molecule has 0 N–H and O–H groups in total. The Morgan fingerprint density at radius 2 is 0.933 bits per heavy atom. The second kappa shape index (κ2) is 7.74. The van der Waals surface area contributed by atoms with Crippen LogP contribution < -0.4 is 0 Å². The molecule has 0 unspecified atom stereocenters. The molecule has 0 radical (unpaired) electrons. The zero-order chi connectivity index (χ0) is 20.4. The van der Waals surface area contributed by atoms with Gasteiger partial charge in [0, 0.05) is 0 Å². The van der Waals surface area contributed by atoms with Gasteiger partial charge in [-0.25, -0.2) is 0 Å². The molecule has 1 heterocycles. The van der Waals surface area contributed by atoms with Gasteiger partial charge < -0.3 is 4.74 Å². The fraction of sp³-hybridized carbons (Fsp3) is 0.107. The normalized spacial score (nSPS) is 18.0. The van der Waals surface area contributed by atoms with Gasteiger partial charge in [0.2, 0.25) is 0 Å². The highest BCUT2D eigenvalue weighted by Crippen LogP contribution is 2.48. The zero-order valence-electron chi connectivity index (χ0n) is 16.5. The Morgan fingerprint density at radius 3 is 1.33 bits per heavy atom. The quantitative estimate of drug-likeness (QED) is 0.311. The summed E-state index contributed by atoms with van der Waals surface area (Å²) in [5.41, 5.74) is 2.97. The van der Waals surface area contributed by atoms with E-state index in [1.165, 1.54) is 0 Å². The third-order valence-electron chi connectivity index (χ3n) is 5.87. The predicted octanol–water partition coefficient (Wildman–Crippen LogP) is 5.73. The number of hydrogen-bond donors (Lipinski definition) is 0. The molecule has 2 heteroatoms. The van der Waals surface area contributed by atoms with Crippen LogP contribution in [0.4, 0.5) is 0 Å². The molecule has 2 nitrogen and oxygen atoms in total. The van der Waals surface area contributed by atoms with E-state index >= 15 is 0 Å². The highest BCUT2D eigenvalue weighted by Gasteiger charge is 2.56. The lowest BCUT2D eigenvalue weighted by Crippen LogP contribution is -2.41. The van der Waals surface area contributed by atoms with Crippen molar-refractivity contribution in [3.63, 3.8) is 0 Å². The molecular formula is C28H22O2. The SMILES string of the molecule is O=C([C@@H]1O[C@H]1c1ccccc1)C(c1ccccc1)(c1ccccc1)c1ccccc1. The number of Topliss-reactive ketones (excluding diaryl/α,β-unsaturated/α-hetero) is 1. The molecule has 4 aromatic carbocycles. The number of carbonyl (C=O) groups excluding carboxylic acids is 1. The smallest absolute Gasteiger partial charge is 0.183 e. The molecule has 1 aliphatic rings. The van der Waals surface area contributed by atoms with Gasteiger partial charge in [-0.1, -0.05) is 121 Å². The van der Waals surface area contributed by atoms with E-state index in [0.29, 0.717) is 0 Å². The summed E-state index contributed by atoms with van der Waals surface area (Å²) < 4.78 is 5.99. The van der Waals surface area contributed by atoms with E-state index in [-0.39, 0.29) is 11.9 Å². The van der Waals surface area contributed by atoms with Crippen molar-refractivity contribution >= 4 is 5.78 Å². The number of epoxide rings is 1. The van der Waals surface area contributed by atoms with Crippen LogP contribution in [0.25, 0.3) is 0 Å². The van der Waals surface area contributed by atoms with Gasteiger partial charge in [0.25, 0.3) is 0 Å². The maximum atomic E-state index is 14.3. The third-order valence-corrected chi connectivity index (χ3v) is 5.87. The van der Waals surface area contributed by atoms with Crippen LogP contribution in [-0.2, 0) is 14.9 Å². The van der Waals surface area contributed by atoms with Crippen molar-refractivity contribution in [1.29, 1.82) is 0 Å². The van der Waals surface area contributed by atoms with Crippen LogP contribution in [0.5, 0.6) is 0 Å². The largest absolute Gasteiger partial charge is 0.356 e. The molecule has 4 aromatic rings. The van der Waals surface area contributed by atoms with Gasteiger partial charge >= 0.3 is 0 Å². The summed E-state index contributed by atoms with van der Waals surface area (Å²) in [6.45, 7) is 0. The minimum atomic E-state index is -0.933. The van der Waals surface area contributed by atoms with Gasteiger partial charge in [0.05, 0.1) is 0 Å². The Labute approximate surface area is 176 Å². The Morgan fingerprint density at radius 1 is 0.567 bits per heavy atom. The average molecular weight is 390 g/mol. The Kier molecular flexibility index (Phi) is 4.78. The first kappa shape index (κ1) is 18.5. The van der Waals surface area contributed by atoms with Gasteiger partial charge in [-0.2, -0.15) is 0 Å². The highest BCUT2D eigenvalue weighted by atomic mass is 16.6. The lowest BCUT2D eigenvalue weighted by molar-refractivity contribution is -0.123. The van der Waals surface area contributed by atoms with Crippen LogP contribution >= 0.6 is 0 Å². The topological polar surface area (TPSA) is 29.6 Å². The molecular weight excluding hydrogens is 368 g/mol. The summed E-state index contributed by atoms with van der Waals surface area (Å²) in [6.07, 6.45) is -0.678. The molecule has 1 saturated heterocycles. The van der Waals surface area contributed by atoms with Gasteiger partial charge in [-0.05, 0) is 22.3 Å². The van der Waals surface area contributed by atoms with E-state index in [0.717, 1.165) is 22.3 Å². The van der Waals surface area contributed by atoms with E-state index in [4.69, 9.17) is 4.74 Å². The lowest BCUT2D eigenvalue weighted by Gasteiger charge is -2.34. The monoisotopic (exact) mass is 390 g/mol. The molecule has 0 aromatic heterocycles. The van der Waals surface area contributed by atoms with Crippen LogP contribution in [0.15, 0.2) is 121 Å². The van der Waals surface area contributed by atoms with Crippen molar-refractivity contribution < 1.29 is 9.53 Å². The van der Waals surface area contributed by atoms with E-state index in [2.05, 4.69) is 0 Å². The van der Waals surface area contributed by atoms with Crippen molar-refractivity contribution in [2.75, 3.05) is 0 Å². The first-order valence-corrected chi connectivity index (χ1v) is 10.2. The van der Waals surface area contributed by atoms with E-state index in [1.54, 1.807) is 0 Å². The first-order chi connectivity index (χ1) is 14.8. The minimum Gasteiger partial charge on any atom is -0.356 e. The molecule has 2 atom stereocenters. The Balaban J connectivity index is 1.70. The van der Waals surface area contributed by atoms with Crippen molar-refractivity contribution in [1.82, 2.24) is 0 Å². The maximum absolute atomic E-state index is 14.3. The van der Waals surface area contributed by atoms with Crippen molar-refractivity contribution in [3.05, 3.63) is 144 Å². The van der Waals surface area contributed by atoms with Crippen LogP contribution in [0, 0.1) is 0 Å². The summed E-state index contributed by atoms with van der Waals surface area (Å²) in [5, 5.41) is 0. The van der Waals surface area contributed by atoms with Crippen LogP contribution in [0.1, 0.15) is 28.4 Å². The van der Waals surface area contributed by atoms with Gasteiger partial charge in [0.1, 0.15) is 17.6 Å². The second-order valence-corrected chi connectivity index (χ2v) is 7.60. The molecule has 0 aliphatic carbocycles. The van der Waals surface area contributed by atoms with E-state index in [9.17, 15) is 4.79 Å². The Bertz CT molecular complexity index is 1030. The summed E-state index contributed by atoms with van der Waals surface area (Å²) in [7, 11) is 0. The van der Waals surface area contributed by atoms with Crippen LogP contribution in [0.3, 0.4) is 0 Å². The molecule has 0 saturated carbocycles. The van der Waals surface area contributed by atoms with Crippen molar-refractivity contribution in [2.24, 2.45) is 0 Å². The third kappa shape index (κ3) is 3.06. The van der Waals surface area contributed by atoms with E-state index < -0.39 is 11.5 Å². The molecule has 30 heavy (non-hydrogen) atoms. The maximum Gasteiger partial charge on any atom is 0.183 e. The number of carbonyl (C=O) groups is 1. The molecule has 146 valence electrons. The molecule has 1 fully saturated rings. The van der Waals surface area contributed by atoms with E-state index in [1.807, 2.05) is 121 Å². The van der Waals surface area contributed by atoms with Crippen LogP contribution in [-0.4, -0.2) is 11.9 Å². The number of ether oxygens (including phenoxy) is 1. The zero-order valence-corrected chi connectivity index (χ0v) is 16.5. The van der Waals surface area contributed by atoms with Gasteiger partial charge in [0.15, 0.2) is 5.78 Å². The Hall–Kier alpha value is -3.49. The molecule has 0 spiro atoms. The fourth-order valence-corrected chi connectivity index (χ4v) is 4.41. The summed E-state index contributed by atoms with van der Waals surface area (Å²) >= 11 is 0. The number of ketones is 1. The number of benzene rings is 4. The second-order valence-electron chi connectivity index (χ2n) is 7.60. The summed E-state index contributed by atoms with van der Waals surface area (Å²) in [4.78, 5) is 14.3. The summed E-state index contributed by atoms with van der Waals surface area (Å²) in [5.74, 6) is 0.0694. The van der Waals surface area contributed by atoms with Crippen LogP contribution in [0.2, 0.25) is 0 Å². The minimum absolute atomic E-state index is 0.0694. The van der Waals surface area contributed by atoms with Gasteiger partial charge in [-0.15, -0.1) is 0 Å². The fourth-order valence-electron chi connectivity index (χ4n) is 4.41.